The van der Waals surface area contributed by atoms with Crippen LogP contribution in [0.25, 0.3) is 22.4 Å². The first-order chi connectivity index (χ1) is 14.4. The van der Waals surface area contributed by atoms with E-state index in [9.17, 15) is 8.42 Å². The van der Waals surface area contributed by atoms with Crippen LogP contribution in [0, 0.1) is 5.92 Å². The molecule has 0 aliphatic rings. The molecule has 9 heteroatoms. The van der Waals surface area contributed by atoms with Gasteiger partial charge in [-0.1, -0.05) is 37.2 Å². The van der Waals surface area contributed by atoms with E-state index in [1.165, 1.54) is 0 Å². The van der Waals surface area contributed by atoms with E-state index in [0.29, 0.717) is 5.82 Å². The average Bonchev–Trinajstić information content (AvgIpc) is 3.39. The lowest BCUT2D eigenvalue weighted by Crippen LogP contribution is -2.32. The van der Waals surface area contributed by atoms with Crippen molar-refractivity contribution < 1.29 is 12.9 Å². The number of hydrogen-bond donors (Lipinski definition) is 1. The number of benzene rings is 2. The maximum absolute atomic E-state index is 12.8. The van der Waals surface area contributed by atoms with Crippen LogP contribution in [0.15, 0.2) is 64.3 Å². The Labute approximate surface area is 175 Å². The fourth-order valence-corrected chi connectivity index (χ4v) is 4.60. The number of nitrogens with one attached hydrogen (secondary N) is 1. The highest BCUT2D eigenvalue weighted by Gasteiger charge is 2.28. The minimum Gasteiger partial charge on any atom is -0.337 e. The van der Waals surface area contributed by atoms with Gasteiger partial charge in [0.2, 0.25) is 21.7 Å². The van der Waals surface area contributed by atoms with Crippen molar-refractivity contribution in [1.29, 1.82) is 0 Å². The number of rotatable bonds is 7. The molecule has 0 aliphatic heterocycles. The van der Waals surface area contributed by atoms with Crippen molar-refractivity contribution in [1.82, 2.24) is 24.4 Å². The summed E-state index contributed by atoms with van der Waals surface area (Å²) in [4.78, 5) is 9.07. The van der Waals surface area contributed by atoms with E-state index < -0.39 is 16.1 Å². The van der Waals surface area contributed by atoms with Crippen molar-refractivity contribution in [3.05, 3.63) is 60.7 Å². The van der Waals surface area contributed by atoms with Gasteiger partial charge in [0.1, 0.15) is 6.04 Å². The summed E-state index contributed by atoms with van der Waals surface area (Å²) in [5.41, 5.74) is 2.62. The fourth-order valence-electron chi connectivity index (χ4n) is 3.24. The molecule has 30 heavy (non-hydrogen) atoms. The Morgan fingerprint density at radius 3 is 2.60 bits per heavy atom. The van der Waals surface area contributed by atoms with Crippen LogP contribution in [0.5, 0.6) is 0 Å². The standard InChI is InChI=1S/C21H23N5O3S/c1-4-26-13-22-17-12-15(10-11-18(17)26)20-23-21(29-24-20)19(14(2)3)25-30(27,28)16-8-6-5-7-9-16/h5-14,19,25H,4H2,1-3H3/t19-/m0/s1. The zero-order valence-electron chi connectivity index (χ0n) is 17.0. The number of nitrogens with zero attached hydrogens (tertiary/aromatic N) is 4. The van der Waals surface area contributed by atoms with Gasteiger partial charge in [-0.25, -0.2) is 13.4 Å². The summed E-state index contributed by atoms with van der Waals surface area (Å²) in [5.74, 6) is 0.515. The van der Waals surface area contributed by atoms with Crippen LogP contribution in [-0.4, -0.2) is 28.1 Å². The molecule has 0 radical (unpaired) electrons. The van der Waals surface area contributed by atoms with Crippen LogP contribution in [0.3, 0.4) is 0 Å². The molecule has 1 N–H and O–H groups in total. The second-order valence-corrected chi connectivity index (χ2v) is 9.06. The Kier molecular flexibility index (Phi) is 5.40. The molecule has 0 aliphatic carbocycles. The molecule has 4 aromatic rings. The first kappa shape index (κ1) is 20.2. The van der Waals surface area contributed by atoms with Gasteiger partial charge in [0.15, 0.2) is 0 Å². The van der Waals surface area contributed by atoms with Crippen LogP contribution in [0.1, 0.15) is 32.7 Å². The molecule has 0 unspecified atom stereocenters. The number of hydrogen-bond acceptors (Lipinski definition) is 6. The lowest BCUT2D eigenvalue weighted by Gasteiger charge is -2.18. The van der Waals surface area contributed by atoms with Crippen LogP contribution < -0.4 is 4.72 Å². The van der Waals surface area contributed by atoms with Crippen molar-refractivity contribution in [2.45, 2.75) is 38.3 Å². The summed E-state index contributed by atoms with van der Waals surface area (Å²) >= 11 is 0. The van der Waals surface area contributed by atoms with E-state index in [2.05, 4.69) is 26.8 Å². The van der Waals surface area contributed by atoms with E-state index in [4.69, 9.17) is 4.52 Å². The van der Waals surface area contributed by atoms with Gasteiger partial charge in [0.25, 0.3) is 0 Å². The minimum atomic E-state index is -3.73. The van der Waals surface area contributed by atoms with E-state index in [1.54, 1.807) is 36.7 Å². The third-order valence-corrected chi connectivity index (χ3v) is 6.39. The normalized spacial score (nSPS) is 13.2. The maximum Gasteiger partial charge on any atom is 0.245 e. The number of fused-ring (bicyclic) bond motifs is 1. The van der Waals surface area contributed by atoms with Gasteiger partial charge < -0.3 is 9.09 Å². The summed E-state index contributed by atoms with van der Waals surface area (Å²) in [6.07, 6.45) is 1.79. The topological polar surface area (TPSA) is 103 Å². The molecule has 2 aromatic carbocycles. The molecule has 2 aromatic heterocycles. The lowest BCUT2D eigenvalue weighted by molar-refractivity contribution is 0.311. The van der Waals surface area contributed by atoms with E-state index in [-0.39, 0.29) is 16.7 Å². The van der Waals surface area contributed by atoms with Crippen LogP contribution in [0.4, 0.5) is 0 Å². The van der Waals surface area contributed by atoms with Gasteiger partial charge in [0.05, 0.1) is 22.3 Å². The number of imidazole rings is 1. The van der Waals surface area contributed by atoms with Crippen molar-refractivity contribution in [2.24, 2.45) is 5.92 Å². The predicted octanol–water partition coefficient (Wildman–Crippen LogP) is 3.78. The van der Waals surface area contributed by atoms with Gasteiger partial charge in [-0.3, -0.25) is 0 Å². The molecular formula is C21H23N5O3S. The van der Waals surface area contributed by atoms with Gasteiger partial charge >= 0.3 is 0 Å². The molecule has 0 saturated carbocycles. The van der Waals surface area contributed by atoms with Crippen LogP contribution in [0.2, 0.25) is 0 Å². The smallest absolute Gasteiger partial charge is 0.245 e. The molecule has 0 bridgehead atoms. The van der Waals surface area contributed by atoms with Gasteiger partial charge in [-0.05, 0) is 43.2 Å². The highest BCUT2D eigenvalue weighted by Crippen LogP contribution is 2.27. The van der Waals surface area contributed by atoms with Crippen molar-refractivity contribution in [3.8, 4) is 11.4 Å². The van der Waals surface area contributed by atoms with E-state index in [1.807, 2.05) is 36.6 Å². The number of sulfonamides is 1. The second kappa shape index (κ2) is 8.00. The third-order valence-electron chi connectivity index (χ3n) is 4.93. The largest absolute Gasteiger partial charge is 0.337 e. The third kappa shape index (κ3) is 3.86. The quantitative estimate of drug-likeness (QED) is 0.483. The summed E-state index contributed by atoms with van der Waals surface area (Å²) < 4.78 is 35.7. The van der Waals surface area contributed by atoms with E-state index >= 15 is 0 Å². The summed E-state index contributed by atoms with van der Waals surface area (Å²) in [7, 11) is -3.73. The summed E-state index contributed by atoms with van der Waals surface area (Å²) in [6, 6.07) is 13.3. The van der Waals surface area contributed by atoms with Crippen molar-refractivity contribution in [2.75, 3.05) is 0 Å². The monoisotopic (exact) mass is 425 g/mol. The Morgan fingerprint density at radius 2 is 1.90 bits per heavy atom. The molecule has 2 heterocycles. The number of aromatic nitrogens is 4. The summed E-state index contributed by atoms with van der Waals surface area (Å²) in [5, 5.41) is 4.07. The molecular weight excluding hydrogens is 402 g/mol. The molecule has 8 nitrogen and oxygen atoms in total. The first-order valence-electron chi connectivity index (χ1n) is 9.75. The first-order valence-corrected chi connectivity index (χ1v) is 11.2. The summed E-state index contributed by atoms with van der Waals surface area (Å²) in [6.45, 7) is 6.68. The predicted molar refractivity (Wildman–Crippen MR) is 113 cm³/mol. The molecule has 0 amide bonds. The van der Waals surface area contributed by atoms with Crippen molar-refractivity contribution in [3.63, 3.8) is 0 Å². The molecule has 0 fully saturated rings. The zero-order chi connectivity index (χ0) is 21.3. The van der Waals surface area contributed by atoms with Crippen LogP contribution in [-0.2, 0) is 16.6 Å². The minimum absolute atomic E-state index is 0.0977. The van der Waals surface area contributed by atoms with Gasteiger partial charge in [-0.2, -0.15) is 9.71 Å². The second-order valence-electron chi connectivity index (χ2n) is 7.35. The fraction of sp³-hybridized carbons (Fsp3) is 0.286. The van der Waals surface area contributed by atoms with Gasteiger partial charge in [-0.15, -0.1) is 0 Å². The Bertz CT molecular complexity index is 1260. The highest BCUT2D eigenvalue weighted by molar-refractivity contribution is 7.89. The maximum atomic E-state index is 12.8. The Balaban J connectivity index is 1.64. The zero-order valence-corrected chi connectivity index (χ0v) is 17.8. The molecule has 0 spiro atoms. The SMILES string of the molecule is CCn1cnc2cc(-c3noc([C@@H](NS(=O)(=O)c4ccccc4)C(C)C)n3)ccc21. The number of aryl methyl sites for hydroxylation is 1. The van der Waals surface area contributed by atoms with Crippen LogP contribution >= 0.6 is 0 Å². The average molecular weight is 426 g/mol. The van der Waals surface area contributed by atoms with Crippen molar-refractivity contribution >= 4 is 21.1 Å². The Hall–Kier alpha value is -3.04. The molecule has 0 saturated heterocycles. The molecule has 156 valence electrons. The van der Waals surface area contributed by atoms with Gasteiger partial charge in [0, 0.05) is 12.1 Å². The molecule has 1 atom stereocenters. The Morgan fingerprint density at radius 1 is 1.13 bits per heavy atom. The van der Waals surface area contributed by atoms with E-state index in [0.717, 1.165) is 23.1 Å². The lowest BCUT2D eigenvalue weighted by atomic mass is 10.1. The molecule has 4 rings (SSSR count). The highest BCUT2D eigenvalue weighted by atomic mass is 32.2.